The van der Waals surface area contributed by atoms with Gasteiger partial charge in [0.15, 0.2) is 0 Å². The second-order valence-corrected chi connectivity index (χ2v) is 13.2. The summed E-state index contributed by atoms with van der Waals surface area (Å²) in [4.78, 5) is 40.1. The van der Waals surface area contributed by atoms with Gasteiger partial charge in [-0.05, 0) is 72.4 Å². The first-order valence-electron chi connectivity index (χ1n) is 14.5. The zero-order chi connectivity index (χ0) is 31.8. The fourth-order valence-electron chi connectivity index (χ4n) is 6.43. The van der Waals surface area contributed by atoms with Crippen LogP contribution in [-0.2, 0) is 24.5 Å². The maximum absolute atomic E-state index is 15.9. The molecule has 1 unspecified atom stereocenters. The number of esters is 1. The average molecular weight is 642 g/mol. The molecule has 2 aliphatic heterocycles. The van der Waals surface area contributed by atoms with E-state index in [4.69, 9.17) is 27.9 Å². The predicted molar refractivity (Wildman–Crippen MR) is 171 cm³/mol. The van der Waals surface area contributed by atoms with Crippen LogP contribution in [0.4, 0.5) is 21.5 Å². The summed E-state index contributed by atoms with van der Waals surface area (Å²) in [5.74, 6) is -2.79. The first kappa shape index (κ1) is 31.8. The normalized spacial score (nSPS) is 22.4. The van der Waals surface area contributed by atoms with Crippen molar-refractivity contribution in [2.75, 3.05) is 29.1 Å². The fourth-order valence-corrected chi connectivity index (χ4v) is 6.78. The molecule has 3 aromatic carbocycles. The van der Waals surface area contributed by atoms with Crippen molar-refractivity contribution in [1.82, 2.24) is 5.32 Å². The largest absolute Gasteiger partial charge is 0.465 e. The summed E-state index contributed by atoms with van der Waals surface area (Å²) in [5, 5.41) is 12.7. The predicted octanol–water partition coefficient (Wildman–Crippen LogP) is 6.50. The molecule has 11 heteroatoms. The number of anilines is 3. The standard InChI is InChI=1S/C33H35Cl2FN4O4/c1-5-44-26(41)17-37-19-10-12-20(13-11-19)38-30(42)29-27(21-7-6-8-23(35)28(21)36)33(25(40-29)16-32(2,3)4)22-14-9-18(34)15-24(22)39-31(33)43/h6-15,25,27,29,37,40H,5,16-17H2,1-4H3,(H,38,42)(H,39,43)/t25-,27-,29+,33?/m0/s1. The number of carbonyl (C=O) groups excluding carboxylic acids is 3. The minimum atomic E-state index is -1.35. The number of benzene rings is 3. The third-order valence-corrected chi connectivity index (χ3v) is 8.64. The molecule has 8 nitrogen and oxygen atoms in total. The number of hydrogen-bond donors (Lipinski definition) is 4. The van der Waals surface area contributed by atoms with Crippen LogP contribution < -0.4 is 21.3 Å². The SMILES string of the molecule is CCOC(=O)CNc1ccc(NC(=O)[C@@H]2N[C@@H](CC(C)(C)C)C3(C(=O)Nc4cc(Cl)ccc43)[C@H]2c2cccc(Cl)c2F)cc1. The maximum Gasteiger partial charge on any atom is 0.325 e. The number of halogens is 3. The molecule has 4 atom stereocenters. The molecular weight excluding hydrogens is 606 g/mol. The van der Waals surface area contributed by atoms with Gasteiger partial charge in [0.1, 0.15) is 17.8 Å². The molecule has 3 aromatic rings. The van der Waals surface area contributed by atoms with E-state index in [9.17, 15) is 14.4 Å². The van der Waals surface area contributed by atoms with E-state index in [2.05, 4.69) is 42.0 Å². The topological polar surface area (TPSA) is 109 Å². The van der Waals surface area contributed by atoms with Crippen molar-refractivity contribution < 1.29 is 23.5 Å². The van der Waals surface area contributed by atoms with E-state index in [-0.39, 0.29) is 34.4 Å². The second-order valence-electron chi connectivity index (χ2n) is 12.3. The van der Waals surface area contributed by atoms with E-state index < -0.39 is 35.1 Å². The van der Waals surface area contributed by atoms with Crippen LogP contribution >= 0.6 is 23.2 Å². The van der Waals surface area contributed by atoms with Gasteiger partial charge in [0.25, 0.3) is 0 Å². The van der Waals surface area contributed by atoms with Crippen molar-refractivity contribution in [2.45, 2.75) is 57.5 Å². The molecule has 1 spiro atoms. The van der Waals surface area contributed by atoms with Gasteiger partial charge in [-0.15, -0.1) is 0 Å². The Morgan fingerprint density at radius 3 is 2.43 bits per heavy atom. The molecule has 1 fully saturated rings. The lowest BCUT2D eigenvalue weighted by molar-refractivity contribution is -0.141. The number of carbonyl (C=O) groups is 3. The third kappa shape index (κ3) is 6.01. The second kappa shape index (κ2) is 12.4. The van der Waals surface area contributed by atoms with E-state index in [0.717, 1.165) is 0 Å². The summed E-state index contributed by atoms with van der Waals surface area (Å²) in [7, 11) is 0. The smallest absolute Gasteiger partial charge is 0.325 e. The highest BCUT2D eigenvalue weighted by atomic mass is 35.5. The molecule has 44 heavy (non-hydrogen) atoms. The van der Waals surface area contributed by atoms with Crippen LogP contribution in [0.1, 0.15) is 51.2 Å². The highest BCUT2D eigenvalue weighted by Gasteiger charge is 2.66. The highest BCUT2D eigenvalue weighted by molar-refractivity contribution is 6.31. The number of amides is 2. The number of nitrogens with one attached hydrogen (secondary N) is 4. The zero-order valence-corrected chi connectivity index (χ0v) is 26.4. The van der Waals surface area contributed by atoms with Crippen molar-refractivity contribution in [1.29, 1.82) is 0 Å². The Morgan fingerprint density at radius 1 is 1.05 bits per heavy atom. The van der Waals surface area contributed by atoms with Crippen LogP contribution in [0.3, 0.4) is 0 Å². The Labute approximate surface area is 266 Å². The third-order valence-electron chi connectivity index (χ3n) is 8.12. The summed E-state index contributed by atoms with van der Waals surface area (Å²) >= 11 is 12.6. The number of ether oxygens (including phenoxy) is 1. The summed E-state index contributed by atoms with van der Waals surface area (Å²) < 4.78 is 20.9. The van der Waals surface area contributed by atoms with Gasteiger partial charge in [-0.1, -0.05) is 62.2 Å². The highest BCUT2D eigenvalue weighted by Crippen LogP contribution is 2.57. The maximum atomic E-state index is 15.9. The molecule has 0 aromatic heterocycles. The van der Waals surface area contributed by atoms with Crippen molar-refractivity contribution in [3.8, 4) is 0 Å². The van der Waals surface area contributed by atoms with E-state index in [1.54, 1.807) is 61.5 Å². The number of hydrogen-bond acceptors (Lipinski definition) is 6. The molecule has 2 heterocycles. The van der Waals surface area contributed by atoms with Crippen LogP contribution in [0.15, 0.2) is 60.7 Å². The van der Waals surface area contributed by atoms with Gasteiger partial charge in [0.2, 0.25) is 11.8 Å². The molecule has 0 saturated carbocycles. The van der Waals surface area contributed by atoms with Crippen molar-refractivity contribution >= 4 is 58.0 Å². The van der Waals surface area contributed by atoms with E-state index in [1.807, 2.05) is 0 Å². The van der Waals surface area contributed by atoms with Gasteiger partial charge in [0, 0.05) is 34.0 Å². The molecule has 0 bridgehead atoms. The van der Waals surface area contributed by atoms with Crippen LogP contribution in [0.25, 0.3) is 0 Å². The van der Waals surface area contributed by atoms with Crippen molar-refractivity contribution in [2.24, 2.45) is 5.41 Å². The lowest BCUT2D eigenvalue weighted by atomic mass is 9.62. The zero-order valence-electron chi connectivity index (χ0n) is 24.9. The summed E-state index contributed by atoms with van der Waals surface area (Å²) in [6.07, 6.45) is 0.506. The average Bonchev–Trinajstić information content (AvgIpc) is 3.43. The first-order chi connectivity index (χ1) is 20.8. The molecule has 0 aliphatic carbocycles. The van der Waals surface area contributed by atoms with Crippen molar-refractivity contribution in [3.05, 3.63) is 87.7 Å². The van der Waals surface area contributed by atoms with E-state index in [0.29, 0.717) is 40.7 Å². The van der Waals surface area contributed by atoms with Crippen molar-refractivity contribution in [3.63, 3.8) is 0 Å². The first-order valence-corrected chi connectivity index (χ1v) is 15.2. The Hall–Kier alpha value is -3.66. The lowest BCUT2D eigenvalue weighted by Gasteiger charge is -2.37. The number of fused-ring (bicyclic) bond motifs is 2. The van der Waals surface area contributed by atoms with Gasteiger partial charge >= 0.3 is 5.97 Å². The Morgan fingerprint density at radius 2 is 1.75 bits per heavy atom. The molecular formula is C33H35Cl2FN4O4. The van der Waals surface area contributed by atoms with Gasteiger partial charge < -0.3 is 26.0 Å². The summed E-state index contributed by atoms with van der Waals surface area (Å²) in [5.41, 5.74) is 0.888. The minimum absolute atomic E-state index is 0.00438. The molecule has 232 valence electrons. The quantitative estimate of drug-likeness (QED) is 0.209. The Balaban J connectivity index is 1.55. The Bertz CT molecular complexity index is 1590. The van der Waals surface area contributed by atoms with Crippen LogP contribution in [0.2, 0.25) is 10.0 Å². The van der Waals surface area contributed by atoms with Crippen LogP contribution in [0.5, 0.6) is 0 Å². The number of rotatable bonds is 8. The molecule has 5 rings (SSSR count). The molecule has 2 aliphatic rings. The molecule has 1 saturated heterocycles. The van der Waals surface area contributed by atoms with Crippen LogP contribution in [-0.4, -0.2) is 43.0 Å². The minimum Gasteiger partial charge on any atom is -0.465 e. The molecule has 4 N–H and O–H groups in total. The monoisotopic (exact) mass is 640 g/mol. The Kier molecular flexibility index (Phi) is 8.94. The molecule has 2 amide bonds. The van der Waals surface area contributed by atoms with E-state index >= 15 is 4.39 Å². The van der Waals surface area contributed by atoms with Gasteiger partial charge in [-0.2, -0.15) is 0 Å². The van der Waals surface area contributed by atoms with Crippen LogP contribution in [0, 0.1) is 11.2 Å². The van der Waals surface area contributed by atoms with E-state index in [1.165, 1.54) is 6.07 Å². The summed E-state index contributed by atoms with van der Waals surface area (Å²) in [6, 6.07) is 15.1. The summed E-state index contributed by atoms with van der Waals surface area (Å²) in [6.45, 7) is 8.19. The fraction of sp³-hybridized carbons (Fsp3) is 0.364. The van der Waals surface area contributed by atoms with Gasteiger partial charge in [0.05, 0.1) is 17.7 Å². The van der Waals surface area contributed by atoms with Gasteiger partial charge in [-0.25, -0.2) is 4.39 Å². The van der Waals surface area contributed by atoms with Gasteiger partial charge in [-0.3, -0.25) is 14.4 Å². The molecule has 0 radical (unpaired) electrons. The lowest BCUT2D eigenvalue weighted by Crippen LogP contribution is -2.49.